The highest BCUT2D eigenvalue weighted by molar-refractivity contribution is 5.96. The molecule has 2 aliphatic carbocycles. The van der Waals surface area contributed by atoms with Crippen molar-refractivity contribution in [3.05, 3.63) is 29.8 Å². The molecule has 0 radical (unpaired) electrons. The minimum atomic E-state index is -0.637. The van der Waals surface area contributed by atoms with Gasteiger partial charge in [0.15, 0.2) is 0 Å². The van der Waals surface area contributed by atoms with Gasteiger partial charge in [-0.25, -0.2) is 0 Å². The fourth-order valence-corrected chi connectivity index (χ4v) is 5.64. The average Bonchev–Trinajstić information content (AvgIpc) is 3.03. The Labute approximate surface area is 137 Å². The average molecular weight is 310 g/mol. The standard InChI is InChI=1S/C19H22N2O2/c1-17-12-21(16(22)13-4-6-15(23-3)7-5-13)19(11-20)10-14(17)8-9-18(17,19)2/h4-7,14H,8-10,12H2,1-3H3/t14-,17-,18+,19-/m0/s1. The highest BCUT2D eigenvalue weighted by atomic mass is 16.5. The van der Waals surface area contributed by atoms with Gasteiger partial charge in [-0.1, -0.05) is 13.8 Å². The molecule has 1 aromatic rings. The fraction of sp³-hybridized carbons (Fsp3) is 0.579. The van der Waals surface area contributed by atoms with Gasteiger partial charge in [-0.05, 0) is 54.9 Å². The monoisotopic (exact) mass is 310 g/mol. The van der Waals surface area contributed by atoms with E-state index in [0.29, 0.717) is 18.0 Å². The maximum atomic E-state index is 13.1. The Kier molecular flexibility index (Phi) is 2.71. The Hall–Kier alpha value is -2.02. The molecule has 23 heavy (non-hydrogen) atoms. The number of carbonyl (C=O) groups excluding carboxylic acids is 1. The van der Waals surface area contributed by atoms with Crippen LogP contribution < -0.4 is 4.74 Å². The largest absolute Gasteiger partial charge is 0.497 e. The third-order valence-corrected chi connectivity index (χ3v) is 7.32. The van der Waals surface area contributed by atoms with Crippen LogP contribution in [0.5, 0.6) is 5.75 Å². The van der Waals surface area contributed by atoms with Gasteiger partial charge in [-0.15, -0.1) is 0 Å². The first-order valence-electron chi connectivity index (χ1n) is 8.29. The van der Waals surface area contributed by atoms with Crippen LogP contribution in [-0.4, -0.2) is 30.0 Å². The lowest BCUT2D eigenvalue weighted by molar-refractivity contribution is 0.0430. The second kappa shape index (κ2) is 4.29. The lowest BCUT2D eigenvalue weighted by Gasteiger charge is -2.43. The number of amides is 1. The molecule has 4 nitrogen and oxygen atoms in total. The number of methoxy groups -OCH3 is 1. The summed E-state index contributed by atoms with van der Waals surface area (Å²) < 4.78 is 5.16. The van der Waals surface area contributed by atoms with Gasteiger partial charge in [0.05, 0.1) is 13.2 Å². The van der Waals surface area contributed by atoms with Crippen LogP contribution in [0, 0.1) is 28.1 Å². The van der Waals surface area contributed by atoms with Crippen molar-refractivity contribution in [1.82, 2.24) is 4.90 Å². The zero-order valence-electron chi connectivity index (χ0n) is 13.9. The summed E-state index contributed by atoms with van der Waals surface area (Å²) in [6, 6.07) is 9.76. The van der Waals surface area contributed by atoms with Crippen LogP contribution in [0.4, 0.5) is 0 Å². The van der Waals surface area contributed by atoms with Gasteiger partial charge in [-0.3, -0.25) is 4.79 Å². The number of rotatable bonds is 2. The number of ether oxygens (including phenoxy) is 1. The number of carbonyl (C=O) groups is 1. The topological polar surface area (TPSA) is 53.3 Å². The molecule has 4 atom stereocenters. The zero-order chi connectivity index (χ0) is 16.5. The van der Waals surface area contributed by atoms with Crippen molar-refractivity contribution in [1.29, 1.82) is 5.26 Å². The summed E-state index contributed by atoms with van der Waals surface area (Å²) in [5, 5.41) is 10.0. The van der Waals surface area contributed by atoms with Crippen LogP contribution in [0.1, 0.15) is 43.5 Å². The molecule has 4 heteroatoms. The van der Waals surface area contributed by atoms with Gasteiger partial charge in [-0.2, -0.15) is 5.26 Å². The van der Waals surface area contributed by atoms with Crippen molar-refractivity contribution < 1.29 is 9.53 Å². The van der Waals surface area contributed by atoms with E-state index in [2.05, 4.69) is 19.9 Å². The highest BCUT2D eigenvalue weighted by Crippen LogP contribution is 2.75. The summed E-state index contributed by atoms with van der Waals surface area (Å²) >= 11 is 0. The van der Waals surface area contributed by atoms with E-state index >= 15 is 0 Å². The zero-order valence-corrected chi connectivity index (χ0v) is 13.9. The molecule has 3 fully saturated rings. The third kappa shape index (κ3) is 1.44. The van der Waals surface area contributed by atoms with E-state index in [4.69, 9.17) is 4.74 Å². The number of nitriles is 1. The SMILES string of the molecule is COc1ccc(C(=O)N2C[C@@]3(C)[C@H]4CC[C@@]3(C)[C@@]2(C#N)C4)cc1. The van der Waals surface area contributed by atoms with Gasteiger partial charge in [0.1, 0.15) is 11.3 Å². The van der Waals surface area contributed by atoms with Crippen LogP contribution in [0.2, 0.25) is 0 Å². The second-order valence-electron chi connectivity index (χ2n) is 7.78. The summed E-state index contributed by atoms with van der Waals surface area (Å²) in [5.41, 5.74) is -0.00953. The molecule has 120 valence electrons. The number of hydrogen-bond donors (Lipinski definition) is 0. The summed E-state index contributed by atoms with van der Waals surface area (Å²) in [5.74, 6) is 1.29. The normalized spacial score (nSPS) is 40.3. The Morgan fingerprint density at radius 1 is 1.35 bits per heavy atom. The highest BCUT2D eigenvalue weighted by Gasteiger charge is 2.78. The quantitative estimate of drug-likeness (QED) is 0.842. The van der Waals surface area contributed by atoms with E-state index < -0.39 is 5.54 Å². The summed E-state index contributed by atoms with van der Waals surface area (Å²) in [6.45, 7) is 5.21. The van der Waals surface area contributed by atoms with Crippen molar-refractivity contribution in [2.24, 2.45) is 16.7 Å². The molecule has 1 aromatic carbocycles. The maximum absolute atomic E-state index is 13.1. The smallest absolute Gasteiger partial charge is 0.255 e. The number of piperidine rings is 1. The number of nitrogens with zero attached hydrogens (tertiary/aromatic N) is 2. The molecular formula is C19H22N2O2. The molecule has 1 saturated heterocycles. The second-order valence-corrected chi connectivity index (χ2v) is 7.78. The Morgan fingerprint density at radius 3 is 2.61 bits per heavy atom. The van der Waals surface area contributed by atoms with Crippen molar-refractivity contribution in [3.8, 4) is 11.8 Å². The molecule has 1 aliphatic heterocycles. The van der Waals surface area contributed by atoms with Gasteiger partial charge < -0.3 is 9.64 Å². The van der Waals surface area contributed by atoms with E-state index in [-0.39, 0.29) is 16.7 Å². The molecule has 0 aromatic heterocycles. The molecule has 4 bridgehead atoms. The lowest BCUT2D eigenvalue weighted by Crippen LogP contribution is -2.54. The van der Waals surface area contributed by atoms with E-state index in [1.807, 2.05) is 4.90 Å². The first-order chi connectivity index (χ1) is 10.9. The fourth-order valence-electron chi connectivity index (χ4n) is 5.64. The van der Waals surface area contributed by atoms with E-state index in [9.17, 15) is 10.1 Å². The Balaban J connectivity index is 1.73. The number of benzene rings is 1. The molecule has 1 amide bonds. The minimum Gasteiger partial charge on any atom is -0.497 e. The Bertz CT molecular complexity index is 722. The third-order valence-electron chi connectivity index (χ3n) is 7.32. The minimum absolute atomic E-state index is 0.0236. The summed E-state index contributed by atoms with van der Waals surface area (Å²) in [6.07, 6.45) is 3.08. The van der Waals surface area contributed by atoms with Crippen molar-refractivity contribution in [3.63, 3.8) is 0 Å². The van der Waals surface area contributed by atoms with Gasteiger partial charge in [0.2, 0.25) is 0 Å². The van der Waals surface area contributed by atoms with Crippen molar-refractivity contribution >= 4 is 5.91 Å². The first kappa shape index (κ1) is 14.6. The van der Waals surface area contributed by atoms with E-state index in [1.165, 1.54) is 6.42 Å². The predicted molar refractivity (Wildman–Crippen MR) is 85.9 cm³/mol. The molecule has 2 saturated carbocycles. The molecule has 0 N–H and O–H groups in total. The van der Waals surface area contributed by atoms with Crippen LogP contribution >= 0.6 is 0 Å². The van der Waals surface area contributed by atoms with Gasteiger partial charge >= 0.3 is 0 Å². The molecule has 1 heterocycles. The molecule has 0 unspecified atom stereocenters. The van der Waals surface area contributed by atoms with Crippen LogP contribution in [0.15, 0.2) is 24.3 Å². The van der Waals surface area contributed by atoms with E-state index in [1.54, 1.807) is 31.4 Å². The van der Waals surface area contributed by atoms with Crippen LogP contribution in [-0.2, 0) is 0 Å². The number of likely N-dealkylation sites (tertiary alicyclic amines) is 1. The number of hydrogen-bond acceptors (Lipinski definition) is 3. The Morgan fingerprint density at radius 2 is 2.04 bits per heavy atom. The molecular weight excluding hydrogens is 288 g/mol. The summed E-state index contributed by atoms with van der Waals surface area (Å²) in [7, 11) is 1.61. The predicted octanol–water partition coefficient (Wildman–Crippen LogP) is 3.24. The first-order valence-corrected chi connectivity index (χ1v) is 8.29. The summed E-state index contributed by atoms with van der Waals surface area (Å²) in [4.78, 5) is 15.0. The van der Waals surface area contributed by atoms with Crippen LogP contribution in [0.25, 0.3) is 0 Å². The lowest BCUT2D eigenvalue weighted by atomic mass is 9.66. The molecule has 0 spiro atoms. The van der Waals surface area contributed by atoms with E-state index in [0.717, 1.165) is 18.6 Å². The maximum Gasteiger partial charge on any atom is 0.255 e. The van der Waals surface area contributed by atoms with Gasteiger partial charge in [0.25, 0.3) is 5.91 Å². The van der Waals surface area contributed by atoms with Crippen LogP contribution in [0.3, 0.4) is 0 Å². The van der Waals surface area contributed by atoms with Gasteiger partial charge in [0, 0.05) is 17.5 Å². The molecule has 3 aliphatic rings. The van der Waals surface area contributed by atoms with Crippen molar-refractivity contribution in [2.75, 3.05) is 13.7 Å². The molecule has 4 rings (SSSR count). The van der Waals surface area contributed by atoms with Crippen molar-refractivity contribution in [2.45, 2.75) is 38.6 Å².